The molecule has 1 N–H and O–H groups in total. The van der Waals surface area contributed by atoms with E-state index in [0.29, 0.717) is 12.2 Å². The Hall–Kier alpha value is -1.13. The maximum absolute atomic E-state index is 14.0. The predicted octanol–water partition coefficient (Wildman–Crippen LogP) is 3.38. The molecule has 0 saturated heterocycles. The zero-order valence-electron chi connectivity index (χ0n) is 10.6. The van der Waals surface area contributed by atoms with Gasteiger partial charge in [0.15, 0.2) is 0 Å². The maximum atomic E-state index is 14.0. The number of halogens is 2. The minimum Gasteiger partial charge on any atom is -0.481 e. The topological polar surface area (TPSA) is 46.5 Å². The SMILES string of the molecule is COCc1cc(Cl)c(F)c(C(C)(C)CC(=O)O)c1. The standard InChI is InChI=1S/C13H16ClFO3/c1-13(2,6-11(16)17)9-4-8(7-18-3)5-10(14)12(9)15/h4-5H,6-7H2,1-3H3,(H,16,17). The van der Waals surface area contributed by atoms with Crippen LogP contribution in [0.1, 0.15) is 31.4 Å². The number of carboxylic acid groups (broad SMARTS) is 1. The van der Waals surface area contributed by atoms with Crippen molar-refractivity contribution in [3.05, 3.63) is 34.1 Å². The fourth-order valence-electron chi connectivity index (χ4n) is 1.86. The van der Waals surface area contributed by atoms with Gasteiger partial charge in [0, 0.05) is 12.5 Å². The van der Waals surface area contributed by atoms with Crippen molar-refractivity contribution in [2.24, 2.45) is 0 Å². The molecule has 0 heterocycles. The lowest BCUT2D eigenvalue weighted by Crippen LogP contribution is -2.23. The maximum Gasteiger partial charge on any atom is 0.304 e. The highest BCUT2D eigenvalue weighted by atomic mass is 35.5. The van der Waals surface area contributed by atoms with Gasteiger partial charge < -0.3 is 9.84 Å². The largest absolute Gasteiger partial charge is 0.481 e. The molecular formula is C13H16ClFO3. The van der Waals surface area contributed by atoms with Gasteiger partial charge in [-0.15, -0.1) is 0 Å². The normalized spacial score (nSPS) is 11.6. The molecule has 0 radical (unpaired) electrons. The van der Waals surface area contributed by atoms with Crippen molar-refractivity contribution in [3.63, 3.8) is 0 Å². The number of methoxy groups -OCH3 is 1. The van der Waals surface area contributed by atoms with E-state index < -0.39 is 17.2 Å². The van der Waals surface area contributed by atoms with Crippen LogP contribution in [0.15, 0.2) is 12.1 Å². The monoisotopic (exact) mass is 274 g/mol. The zero-order valence-corrected chi connectivity index (χ0v) is 11.3. The average molecular weight is 275 g/mol. The second-order valence-electron chi connectivity index (χ2n) is 4.83. The molecule has 0 atom stereocenters. The van der Waals surface area contributed by atoms with Crippen LogP contribution in [0.5, 0.6) is 0 Å². The summed E-state index contributed by atoms with van der Waals surface area (Å²) >= 11 is 5.82. The summed E-state index contributed by atoms with van der Waals surface area (Å²) in [5, 5.41) is 8.85. The van der Waals surface area contributed by atoms with Crippen molar-refractivity contribution >= 4 is 17.6 Å². The first-order valence-electron chi connectivity index (χ1n) is 5.47. The summed E-state index contributed by atoms with van der Waals surface area (Å²) in [6.45, 7) is 3.65. The summed E-state index contributed by atoms with van der Waals surface area (Å²) in [6.07, 6.45) is -0.170. The summed E-state index contributed by atoms with van der Waals surface area (Å²) in [5.41, 5.74) is 0.186. The van der Waals surface area contributed by atoms with Crippen LogP contribution in [-0.2, 0) is 21.6 Å². The first-order valence-corrected chi connectivity index (χ1v) is 5.85. The Morgan fingerprint density at radius 2 is 2.11 bits per heavy atom. The Morgan fingerprint density at radius 3 is 2.61 bits per heavy atom. The van der Waals surface area contributed by atoms with Gasteiger partial charge in [0.25, 0.3) is 0 Å². The van der Waals surface area contributed by atoms with Crippen LogP contribution in [0.4, 0.5) is 4.39 Å². The number of rotatable bonds is 5. The summed E-state index contributed by atoms with van der Waals surface area (Å²) < 4.78 is 19.0. The van der Waals surface area contributed by atoms with E-state index in [2.05, 4.69) is 0 Å². The van der Waals surface area contributed by atoms with Crippen LogP contribution in [0.25, 0.3) is 0 Å². The molecule has 1 aromatic rings. The minimum absolute atomic E-state index is 0.0157. The number of ether oxygens (including phenoxy) is 1. The highest BCUT2D eigenvalue weighted by Crippen LogP contribution is 2.33. The number of carbonyl (C=O) groups is 1. The molecule has 0 aliphatic heterocycles. The Morgan fingerprint density at radius 1 is 1.50 bits per heavy atom. The van der Waals surface area contributed by atoms with Gasteiger partial charge in [-0.25, -0.2) is 4.39 Å². The van der Waals surface area contributed by atoms with Crippen LogP contribution in [0, 0.1) is 5.82 Å². The molecule has 1 aromatic carbocycles. The van der Waals surface area contributed by atoms with Crippen LogP contribution in [0.3, 0.4) is 0 Å². The fourth-order valence-corrected chi connectivity index (χ4v) is 2.10. The third-order valence-electron chi connectivity index (χ3n) is 2.72. The van der Waals surface area contributed by atoms with Gasteiger partial charge in [-0.2, -0.15) is 0 Å². The number of aliphatic carboxylic acids is 1. The van der Waals surface area contributed by atoms with Gasteiger partial charge in [0.2, 0.25) is 0 Å². The van der Waals surface area contributed by atoms with E-state index in [9.17, 15) is 9.18 Å². The summed E-state index contributed by atoms with van der Waals surface area (Å²) in [6, 6.07) is 3.09. The van der Waals surface area contributed by atoms with Gasteiger partial charge in [0.1, 0.15) is 5.82 Å². The van der Waals surface area contributed by atoms with Crippen molar-refractivity contribution in [2.75, 3.05) is 7.11 Å². The quantitative estimate of drug-likeness (QED) is 0.895. The molecule has 0 aliphatic carbocycles. The molecule has 5 heteroatoms. The first-order chi connectivity index (χ1) is 8.27. The number of hydrogen-bond acceptors (Lipinski definition) is 2. The number of hydrogen-bond donors (Lipinski definition) is 1. The van der Waals surface area contributed by atoms with E-state index in [1.54, 1.807) is 19.9 Å². The molecule has 0 spiro atoms. The Balaban J connectivity index is 3.25. The highest BCUT2D eigenvalue weighted by molar-refractivity contribution is 6.30. The molecule has 100 valence electrons. The Bertz CT molecular complexity index is 458. The van der Waals surface area contributed by atoms with Crippen molar-refractivity contribution < 1.29 is 19.0 Å². The molecule has 0 fully saturated rings. The van der Waals surface area contributed by atoms with Gasteiger partial charge in [-0.05, 0) is 23.3 Å². The zero-order chi connectivity index (χ0) is 13.9. The summed E-state index contributed by atoms with van der Waals surface area (Å²) in [4.78, 5) is 10.8. The molecule has 3 nitrogen and oxygen atoms in total. The van der Waals surface area contributed by atoms with Gasteiger partial charge in [0.05, 0.1) is 18.1 Å². The van der Waals surface area contributed by atoms with Gasteiger partial charge in [-0.3, -0.25) is 4.79 Å². The van der Waals surface area contributed by atoms with Crippen LogP contribution in [0.2, 0.25) is 5.02 Å². The molecule has 0 bridgehead atoms. The molecule has 0 amide bonds. The first kappa shape index (κ1) is 14.9. The van der Waals surface area contributed by atoms with Crippen molar-refractivity contribution in [1.29, 1.82) is 0 Å². The predicted molar refractivity (Wildman–Crippen MR) is 67.4 cm³/mol. The van der Waals surface area contributed by atoms with E-state index in [-0.39, 0.29) is 11.4 Å². The fraction of sp³-hybridized carbons (Fsp3) is 0.462. The molecule has 1 rings (SSSR count). The summed E-state index contributed by atoms with van der Waals surface area (Å²) in [5.74, 6) is -1.55. The smallest absolute Gasteiger partial charge is 0.304 e. The van der Waals surface area contributed by atoms with E-state index in [1.807, 2.05) is 0 Å². The van der Waals surface area contributed by atoms with Crippen molar-refractivity contribution in [1.82, 2.24) is 0 Å². The van der Waals surface area contributed by atoms with Crippen LogP contribution in [-0.4, -0.2) is 18.2 Å². The van der Waals surface area contributed by atoms with Crippen molar-refractivity contribution in [2.45, 2.75) is 32.3 Å². The van der Waals surface area contributed by atoms with E-state index in [4.69, 9.17) is 21.4 Å². The molecule has 0 unspecified atom stereocenters. The number of carboxylic acids is 1. The molecule has 0 aliphatic rings. The third kappa shape index (κ3) is 3.43. The third-order valence-corrected chi connectivity index (χ3v) is 3.00. The Labute approximate surface area is 111 Å². The Kier molecular flexibility index (Phi) is 4.71. The van der Waals surface area contributed by atoms with E-state index >= 15 is 0 Å². The lowest BCUT2D eigenvalue weighted by molar-refractivity contribution is -0.138. The second kappa shape index (κ2) is 5.67. The van der Waals surface area contributed by atoms with E-state index in [1.165, 1.54) is 13.2 Å². The minimum atomic E-state index is -0.979. The van der Waals surface area contributed by atoms with Gasteiger partial charge in [-0.1, -0.05) is 25.4 Å². The number of benzene rings is 1. The lowest BCUT2D eigenvalue weighted by atomic mass is 9.80. The highest BCUT2D eigenvalue weighted by Gasteiger charge is 2.28. The molecule has 0 aromatic heterocycles. The van der Waals surface area contributed by atoms with E-state index in [0.717, 1.165) is 5.56 Å². The molecular weight excluding hydrogens is 259 g/mol. The second-order valence-corrected chi connectivity index (χ2v) is 5.23. The average Bonchev–Trinajstić information content (AvgIpc) is 2.21. The lowest BCUT2D eigenvalue weighted by Gasteiger charge is -2.24. The van der Waals surface area contributed by atoms with Crippen molar-refractivity contribution in [3.8, 4) is 0 Å². The van der Waals surface area contributed by atoms with Crippen LogP contribution >= 0.6 is 11.6 Å². The van der Waals surface area contributed by atoms with Crippen LogP contribution < -0.4 is 0 Å². The van der Waals surface area contributed by atoms with Gasteiger partial charge >= 0.3 is 5.97 Å². The molecule has 0 saturated carbocycles. The summed E-state index contributed by atoms with van der Waals surface area (Å²) in [7, 11) is 1.53. The molecule has 18 heavy (non-hydrogen) atoms.